The van der Waals surface area contributed by atoms with E-state index in [4.69, 9.17) is 99.9 Å². The van der Waals surface area contributed by atoms with Crippen molar-refractivity contribution in [2.45, 2.75) is 147 Å². The first-order chi connectivity index (χ1) is 62.8. The van der Waals surface area contributed by atoms with E-state index in [2.05, 4.69) is 89.7 Å². The van der Waals surface area contributed by atoms with Gasteiger partial charge in [-0.15, -0.1) is 0 Å². The average molecular weight is 1980 g/mol. The fraction of sp³-hybridized carbons (Fsp3) is 0.500. The van der Waals surface area contributed by atoms with E-state index in [1.165, 1.54) is 41.8 Å². The Kier molecular flexibility index (Phi) is 24.2. The van der Waals surface area contributed by atoms with E-state index < -0.39 is 250 Å². The molecule has 9 aliphatic heterocycles. The summed E-state index contributed by atoms with van der Waals surface area (Å²) in [5, 5.41) is 66.2. The number of nitrogens with two attached hydrogens (primary N) is 3. The van der Waals surface area contributed by atoms with Crippen molar-refractivity contribution < 1.29 is 170 Å². The molecular formula is C60H69N27O39P6. The quantitative estimate of drug-likeness (QED) is 0.0690. The molecule has 21 heterocycles. The molecule has 21 N–H and O–H groups in total. The van der Waals surface area contributed by atoms with Gasteiger partial charge in [-0.3, -0.25) is 96.1 Å². The molecule has 8 bridgehead atoms. The minimum absolute atomic E-state index is 0.0000713. The number of aliphatic hydroxyl groups is 6. The minimum atomic E-state index is -5.08. The number of phosphoric ester groups is 6. The van der Waals surface area contributed by atoms with Gasteiger partial charge >= 0.3 is 46.9 Å². The molecule has 9 saturated heterocycles. The number of imidazole rings is 6. The van der Waals surface area contributed by atoms with Crippen molar-refractivity contribution in [1.82, 2.24) is 117 Å². The van der Waals surface area contributed by atoms with Crippen LogP contribution in [0.15, 0.2) is 90.3 Å². The van der Waals surface area contributed by atoms with Crippen molar-refractivity contribution >= 4 is 131 Å². The van der Waals surface area contributed by atoms with Crippen LogP contribution in [0.2, 0.25) is 0 Å². The van der Waals surface area contributed by atoms with Gasteiger partial charge in [-0.1, -0.05) is 0 Å². The van der Waals surface area contributed by atoms with Crippen LogP contribution < -0.4 is 33.9 Å². The summed E-state index contributed by atoms with van der Waals surface area (Å²) in [6, 6.07) is 0. The van der Waals surface area contributed by atoms with Gasteiger partial charge in [0.05, 0.1) is 96.6 Å². The summed E-state index contributed by atoms with van der Waals surface area (Å²) in [7, 11) is -30.3. The number of aliphatic hydroxyl groups excluding tert-OH is 6. The molecule has 18 unspecified atom stereocenters. The normalized spacial score (nSPS) is 38.3. The molecule has 9 fully saturated rings. The Hall–Kier alpha value is -9.72. The Morgan fingerprint density at radius 2 is 0.477 bits per heavy atom. The number of nitrogens with one attached hydrogen (secondary N) is 3. The number of phosphoric acid groups is 6. The molecule has 0 radical (unpaired) electrons. The molecule has 12 aromatic rings. The number of aromatic nitrogens is 24. The molecule has 0 aliphatic carbocycles. The Bertz CT molecular complexity index is 6930. The van der Waals surface area contributed by atoms with E-state index in [-0.39, 0.29) is 84.4 Å². The van der Waals surface area contributed by atoms with Crippen LogP contribution in [0.25, 0.3) is 67.0 Å². The molecule has 0 aromatic carbocycles. The van der Waals surface area contributed by atoms with Gasteiger partial charge in [-0.25, -0.2) is 102 Å². The lowest BCUT2D eigenvalue weighted by atomic mass is 10.1. The summed E-state index contributed by atoms with van der Waals surface area (Å²) in [4.78, 5) is 167. The summed E-state index contributed by atoms with van der Waals surface area (Å²) in [5.41, 5.74) is 16.3. The van der Waals surface area contributed by atoms with Crippen molar-refractivity contribution in [3.63, 3.8) is 0 Å². The zero-order valence-corrected chi connectivity index (χ0v) is 71.1. The van der Waals surface area contributed by atoms with Crippen LogP contribution >= 0.6 is 46.9 Å². The first-order valence-corrected chi connectivity index (χ1v) is 47.2. The van der Waals surface area contributed by atoms with E-state index in [1.54, 1.807) is 0 Å². The zero-order chi connectivity index (χ0) is 92.9. The highest BCUT2D eigenvalue weighted by Crippen LogP contribution is 2.59. The molecule has 132 heavy (non-hydrogen) atoms. The molecule has 21 rings (SSSR count). The van der Waals surface area contributed by atoms with Gasteiger partial charge in [-0.05, 0) is 0 Å². The van der Waals surface area contributed by atoms with Crippen LogP contribution in [-0.2, 0) is 110 Å². The maximum atomic E-state index is 13.2. The summed E-state index contributed by atoms with van der Waals surface area (Å²) in [5.74, 6) is 0.0913. The maximum absolute atomic E-state index is 13.2. The third-order valence-electron chi connectivity index (χ3n) is 21.7. The van der Waals surface area contributed by atoms with Gasteiger partial charge in [0.15, 0.2) is 105 Å². The smallest absolute Gasteiger partial charge is 0.387 e. The van der Waals surface area contributed by atoms with Crippen molar-refractivity contribution in [2.75, 3.05) is 56.8 Å². The minimum Gasteiger partial charge on any atom is -0.387 e. The third-order valence-corrected chi connectivity index (χ3v) is 27.6. The number of hydrogen-bond acceptors (Lipinski definition) is 51. The molecule has 12 aromatic heterocycles. The van der Waals surface area contributed by atoms with Gasteiger partial charge in [0.25, 0.3) is 16.7 Å². The first kappa shape index (κ1) is 91.4. The van der Waals surface area contributed by atoms with E-state index in [0.29, 0.717) is 0 Å². The van der Waals surface area contributed by atoms with Crippen LogP contribution in [0.1, 0.15) is 37.4 Å². The molecule has 0 amide bonds. The van der Waals surface area contributed by atoms with Crippen molar-refractivity contribution in [2.24, 2.45) is 0 Å². The number of aromatic amines is 3. The van der Waals surface area contributed by atoms with E-state index in [0.717, 1.165) is 61.5 Å². The van der Waals surface area contributed by atoms with Crippen molar-refractivity contribution in [1.29, 1.82) is 0 Å². The highest BCUT2D eigenvalue weighted by molar-refractivity contribution is 7.48. The van der Waals surface area contributed by atoms with Crippen molar-refractivity contribution in [3.05, 3.63) is 107 Å². The topological polar surface area (TPSA) is 911 Å². The van der Waals surface area contributed by atoms with E-state index >= 15 is 0 Å². The largest absolute Gasteiger partial charge is 0.472 e. The van der Waals surface area contributed by atoms with Crippen LogP contribution in [0.3, 0.4) is 0 Å². The predicted molar refractivity (Wildman–Crippen MR) is 417 cm³/mol. The molecule has 0 spiro atoms. The highest BCUT2D eigenvalue weighted by Gasteiger charge is 2.59. The van der Waals surface area contributed by atoms with Crippen LogP contribution in [0.5, 0.6) is 0 Å². The number of ether oxygens (including phenoxy) is 6. The number of fused-ring (bicyclic) bond motifs is 16. The standard InChI is InChI=1S/3C20H23N9O13P2/c21-15-9-16(23-3-22-15)29(5-26-9)20-14-11(30)7(39-20)1-37-43(33,34)41-13-8(2-38-44(35,36)42-14)40-19(12(13)31)28-6-27-10-17(28)24-4-25-18(10)32;21-15-9-16(23-3-22-15)28(5-26-9)19-12(31)13-8(40-19)2-38-44(35,36)42-14-11(30)7(1-37-43(33,34)41-13)39-20(14)29-6-27-10-17(29)24-4-25-18(10)32;21-15-9-16(23-3-22-15)28(5-26-9)19-13-11(30)7(39-19)1-37-44(35,36)42-14-12(31)8(2-38-43(33,34)41-13)40-20(14)29-6-27-10-17(29)24-4-25-18(10)32/h3*3-8,11-14,19-20,30-31H,1-2H2,(H,33,34)(H,35,36)(H2,21,22,23)(H,24,25,32)/t3*7?,8?,11-,12-,13-,14-,19?,20?/m111/s1. The molecular weight excluding hydrogens is 1910 g/mol. The lowest BCUT2D eigenvalue weighted by Crippen LogP contribution is -2.38. The number of H-pyrrole nitrogens is 3. The Morgan fingerprint density at radius 3 is 0.727 bits per heavy atom. The van der Waals surface area contributed by atoms with Crippen LogP contribution in [0, 0.1) is 0 Å². The number of hydrogen-bond donors (Lipinski definition) is 18. The SMILES string of the molecule is Nc1ncnc2c1ncn2C1OC2COP(=O)(O)O[C@@H]3C(COP(=O)(O)O[C@@H]1[C@@H]2O)OC(n1cnc2c(=O)[nH]cnc21)[C@@H]3O.Nc1ncnc2c1ncn2C1OC2COP(=O)(O)O[C@H]3C(n4cnc5c(=O)[nH]cnc54)OC(COP(=O)(O)O[C@@H]1[C@@H]2O)[C@H]3O.Nc1ncnc2c1ncn2C1OC2COP(=O)(O)O[C@H]3C(n4cnc5c(=O)[nH]cnc54)OC(COP(=O)(O)O[C@H]2[C@H]1O)[C@H]3O. The lowest BCUT2D eigenvalue weighted by molar-refractivity contribution is -0.0676. The van der Waals surface area contributed by atoms with Crippen molar-refractivity contribution in [3.8, 4) is 0 Å². The summed E-state index contributed by atoms with van der Waals surface area (Å²) in [6.07, 6.45) is -23.6. The molecule has 9 aliphatic rings. The third kappa shape index (κ3) is 17.3. The summed E-state index contributed by atoms with van der Waals surface area (Å²) in [6.45, 7) is -4.82. The van der Waals surface area contributed by atoms with Gasteiger partial charge in [0.2, 0.25) is 0 Å². The fourth-order valence-electron chi connectivity index (χ4n) is 15.6. The maximum Gasteiger partial charge on any atom is 0.472 e. The predicted octanol–water partition coefficient (Wildman–Crippen LogP) is -5.77. The second-order valence-corrected chi connectivity index (χ2v) is 38.2. The van der Waals surface area contributed by atoms with E-state index in [1.807, 2.05) is 0 Å². The molecule has 708 valence electrons. The second-order valence-electron chi connectivity index (χ2n) is 29.8. The van der Waals surface area contributed by atoms with E-state index in [9.17, 15) is 102 Å². The van der Waals surface area contributed by atoms with Gasteiger partial charge in [0, 0.05) is 0 Å². The molecule has 30 atom stereocenters. The number of rotatable bonds is 6. The first-order valence-electron chi connectivity index (χ1n) is 38.2. The molecule has 72 heteroatoms. The summed E-state index contributed by atoms with van der Waals surface area (Å²) >= 11 is 0. The number of nitrogens with zero attached hydrogens (tertiary/aromatic N) is 21. The Balaban J connectivity index is 0.000000128. The molecule has 0 saturated carbocycles. The van der Waals surface area contributed by atoms with Gasteiger partial charge in [-0.2, -0.15) is 0 Å². The monoisotopic (exact) mass is 1980 g/mol. The second kappa shape index (κ2) is 34.9. The average Bonchev–Trinajstić information content (AvgIpc) is 1.62. The number of anilines is 3. The van der Waals surface area contributed by atoms with Crippen LogP contribution in [-0.4, -0.2) is 327 Å². The highest BCUT2D eigenvalue weighted by atomic mass is 31.2. The Morgan fingerprint density at radius 1 is 0.273 bits per heavy atom. The van der Waals surface area contributed by atoms with Gasteiger partial charge in [0.1, 0.15) is 145 Å². The molecule has 66 nitrogen and oxygen atoms in total. The summed E-state index contributed by atoms with van der Waals surface area (Å²) < 4.78 is 183. The van der Waals surface area contributed by atoms with Crippen LogP contribution in [0.4, 0.5) is 17.5 Å². The number of nitrogen functional groups attached to an aromatic ring is 3. The van der Waals surface area contributed by atoms with Gasteiger partial charge < -0.3 is 121 Å². The fourth-order valence-corrected chi connectivity index (χ4v) is 21.3. The Labute approximate surface area is 727 Å². The lowest BCUT2D eigenvalue weighted by Gasteiger charge is -2.26. The zero-order valence-electron chi connectivity index (χ0n) is 65.7.